The van der Waals surface area contributed by atoms with Crippen LogP contribution in [0, 0.1) is 0 Å². The minimum Gasteiger partial charge on any atom is -0.340 e. The average molecular weight is 281 g/mol. The van der Waals surface area contributed by atoms with E-state index in [0.717, 1.165) is 28.1 Å². The minimum atomic E-state index is 0.802. The third-order valence-corrected chi connectivity index (χ3v) is 4.02. The minimum absolute atomic E-state index is 0.802. The smallest absolute Gasteiger partial charge is 0.132 e. The van der Waals surface area contributed by atoms with Crippen LogP contribution in [-0.2, 0) is 7.05 Å². The van der Waals surface area contributed by atoms with Gasteiger partial charge in [0.25, 0.3) is 0 Å². The molecule has 1 N–H and O–H groups in total. The van der Waals surface area contributed by atoms with Crippen molar-refractivity contribution in [1.29, 1.82) is 0 Å². The van der Waals surface area contributed by atoms with Crippen LogP contribution in [0.2, 0.25) is 0 Å². The van der Waals surface area contributed by atoms with Crippen LogP contribution in [0.25, 0.3) is 21.3 Å². The first-order chi connectivity index (χ1) is 9.79. The Labute approximate surface area is 118 Å². The number of imidazole rings is 1. The van der Waals surface area contributed by atoms with E-state index in [9.17, 15) is 0 Å². The summed E-state index contributed by atoms with van der Waals surface area (Å²) in [6.45, 7) is 0. The van der Waals surface area contributed by atoms with Crippen molar-refractivity contribution in [1.82, 2.24) is 19.5 Å². The summed E-state index contributed by atoms with van der Waals surface area (Å²) in [6.07, 6.45) is 3.57. The number of thiazole rings is 1. The molecule has 0 fully saturated rings. The molecule has 0 aliphatic rings. The summed E-state index contributed by atoms with van der Waals surface area (Å²) in [4.78, 5) is 13.0. The van der Waals surface area contributed by atoms with Crippen molar-refractivity contribution in [3.05, 3.63) is 42.3 Å². The molecule has 0 bridgehead atoms. The number of rotatable bonds is 2. The van der Waals surface area contributed by atoms with Crippen LogP contribution in [0.4, 0.5) is 11.5 Å². The van der Waals surface area contributed by atoms with E-state index < -0.39 is 0 Å². The summed E-state index contributed by atoms with van der Waals surface area (Å²) < 4.78 is 3.16. The molecule has 0 aliphatic carbocycles. The van der Waals surface area contributed by atoms with Crippen LogP contribution in [0.15, 0.2) is 42.3 Å². The average Bonchev–Trinajstić information content (AvgIpc) is 3.06. The maximum atomic E-state index is 4.38. The van der Waals surface area contributed by atoms with Crippen LogP contribution in [-0.4, -0.2) is 19.5 Å². The van der Waals surface area contributed by atoms with Gasteiger partial charge >= 0.3 is 0 Å². The van der Waals surface area contributed by atoms with E-state index in [1.807, 2.05) is 35.3 Å². The molecule has 0 saturated carbocycles. The van der Waals surface area contributed by atoms with Crippen molar-refractivity contribution in [2.75, 3.05) is 5.32 Å². The van der Waals surface area contributed by atoms with Gasteiger partial charge in [-0.15, -0.1) is 11.3 Å². The predicted octanol–water partition coefficient (Wildman–Crippen LogP) is 3.32. The number of nitrogens with one attached hydrogen (secondary N) is 1. The monoisotopic (exact) mass is 281 g/mol. The Morgan fingerprint density at radius 2 is 2.05 bits per heavy atom. The molecule has 0 aliphatic heterocycles. The number of hydrogen-bond donors (Lipinski definition) is 1. The van der Waals surface area contributed by atoms with Crippen molar-refractivity contribution >= 4 is 44.1 Å². The van der Waals surface area contributed by atoms with Crippen molar-refractivity contribution in [2.24, 2.45) is 7.05 Å². The number of aryl methyl sites for hydroxylation is 1. The first-order valence-electron chi connectivity index (χ1n) is 6.17. The number of aromatic nitrogens is 4. The number of hydrogen-bond acceptors (Lipinski definition) is 5. The predicted molar refractivity (Wildman–Crippen MR) is 81.4 cm³/mol. The second-order valence-electron chi connectivity index (χ2n) is 4.57. The molecule has 0 radical (unpaired) electrons. The van der Waals surface area contributed by atoms with Gasteiger partial charge in [-0.25, -0.2) is 15.0 Å². The zero-order valence-corrected chi connectivity index (χ0v) is 11.6. The molecule has 0 atom stereocenters. The lowest BCUT2D eigenvalue weighted by Gasteiger charge is -2.05. The van der Waals surface area contributed by atoms with E-state index in [-0.39, 0.29) is 0 Å². The Morgan fingerprint density at radius 1 is 1.10 bits per heavy atom. The van der Waals surface area contributed by atoms with Gasteiger partial charge in [0, 0.05) is 18.8 Å². The van der Waals surface area contributed by atoms with Gasteiger partial charge in [0.2, 0.25) is 0 Å². The Balaban J connectivity index is 1.73. The largest absolute Gasteiger partial charge is 0.340 e. The van der Waals surface area contributed by atoms with Gasteiger partial charge < -0.3 is 9.88 Å². The van der Waals surface area contributed by atoms with E-state index >= 15 is 0 Å². The number of fused-ring (bicyclic) bond motifs is 2. The summed E-state index contributed by atoms with van der Waals surface area (Å²) in [6, 6.07) is 8.13. The van der Waals surface area contributed by atoms with Crippen molar-refractivity contribution in [3.63, 3.8) is 0 Å². The highest BCUT2D eigenvalue weighted by molar-refractivity contribution is 7.16. The summed E-state index contributed by atoms with van der Waals surface area (Å²) in [5.74, 6) is 0.802. The van der Waals surface area contributed by atoms with Crippen LogP contribution >= 0.6 is 11.3 Å². The SMILES string of the molecule is Cn1cnc2cnc(Nc3ccc4scnc4c3)cc21. The van der Waals surface area contributed by atoms with Crippen LogP contribution in [0.5, 0.6) is 0 Å². The third-order valence-electron chi connectivity index (χ3n) is 3.21. The quantitative estimate of drug-likeness (QED) is 0.612. The molecule has 3 aromatic heterocycles. The van der Waals surface area contributed by atoms with E-state index in [1.54, 1.807) is 23.9 Å². The molecule has 1 aromatic carbocycles. The molecule has 20 heavy (non-hydrogen) atoms. The van der Waals surface area contributed by atoms with Crippen molar-refractivity contribution in [3.8, 4) is 0 Å². The van der Waals surface area contributed by atoms with Crippen LogP contribution in [0.1, 0.15) is 0 Å². The standard InChI is InChI=1S/C14H11N5S/c1-19-7-16-11-6-15-14(5-12(11)19)18-9-2-3-13-10(4-9)17-8-20-13/h2-8H,1H3,(H,15,18). The maximum Gasteiger partial charge on any atom is 0.132 e. The highest BCUT2D eigenvalue weighted by Crippen LogP contribution is 2.24. The Bertz CT molecular complexity index is 908. The van der Waals surface area contributed by atoms with Gasteiger partial charge in [-0.1, -0.05) is 0 Å². The topological polar surface area (TPSA) is 55.6 Å². The van der Waals surface area contributed by atoms with E-state index in [4.69, 9.17) is 0 Å². The lowest BCUT2D eigenvalue weighted by Crippen LogP contribution is -1.94. The van der Waals surface area contributed by atoms with Crippen LogP contribution < -0.4 is 5.32 Å². The summed E-state index contributed by atoms with van der Waals surface area (Å²) >= 11 is 1.64. The summed E-state index contributed by atoms with van der Waals surface area (Å²) in [5.41, 5.74) is 5.79. The second-order valence-corrected chi connectivity index (χ2v) is 5.46. The maximum absolute atomic E-state index is 4.38. The molecule has 0 spiro atoms. The van der Waals surface area contributed by atoms with Gasteiger partial charge in [-0.2, -0.15) is 0 Å². The fourth-order valence-corrected chi connectivity index (χ4v) is 2.84. The van der Waals surface area contributed by atoms with Gasteiger partial charge in [-0.05, 0) is 18.2 Å². The number of benzene rings is 1. The number of anilines is 2. The third kappa shape index (κ3) is 1.81. The molecular formula is C14H11N5S. The van der Waals surface area contributed by atoms with E-state index in [1.165, 1.54) is 4.70 Å². The molecule has 3 heterocycles. The van der Waals surface area contributed by atoms with Crippen molar-refractivity contribution < 1.29 is 0 Å². The Kier molecular flexibility index (Phi) is 2.43. The molecule has 98 valence electrons. The van der Waals surface area contributed by atoms with Gasteiger partial charge in [0.1, 0.15) is 11.3 Å². The molecule has 0 unspecified atom stereocenters. The molecule has 0 amide bonds. The highest BCUT2D eigenvalue weighted by atomic mass is 32.1. The number of pyridine rings is 1. The first-order valence-corrected chi connectivity index (χ1v) is 7.05. The van der Waals surface area contributed by atoms with E-state index in [2.05, 4.69) is 26.3 Å². The number of nitrogens with zero attached hydrogens (tertiary/aromatic N) is 4. The summed E-state index contributed by atoms with van der Waals surface area (Å²) in [7, 11) is 1.97. The Hall–Kier alpha value is -2.47. The molecule has 4 rings (SSSR count). The normalized spacial score (nSPS) is 11.2. The van der Waals surface area contributed by atoms with Crippen molar-refractivity contribution in [2.45, 2.75) is 0 Å². The Morgan fingerprint density at radius 3 is 3.00 bits per heavy atom. The molecule has 4 aromatic rings. The van der Waals surface area contributed by atoms with Gasteiger partial charge in [0.05, 0.1) is 33.8 Å². The van der Waals surface area contributed by atoms with E-state index in [0.29, 0.717) is 0 Å². The summed E-state index contributed by atoms with van der Waals surface area (Å²) in [5, 5.41) is 3.31. The fourth-order valence-electron chi connectivity index (χ4n) is 2.18. The zero-order chi connectivity index (χ0) is 13.5. The fraction of sp³-hybridized carbons (Fsp3) is 0.0714. The lowest BCUT2D eigenvalue weighted by atomic mass is 10.3. The molecular weight excluding hydrogens is 270 g/mol. The van der Waals surface area contributed by atoms with Gasteiger partial charge in [0.15, 0.2) is 0 Å². The highest BCUT2D eigenvalue weighted by Gasteiger charge is 2.04. The van der Waals surface area contributed by atoms with Crippen LogP contribution in [0.3, 0.4) is 0 Å². The molecule has 0 saturated heterocycles. The molecule has 5 nitrogen and oxygen atoms in total. The first kappa shape index (κ1) is 11.4. The second kappa shape index (κ2) is 4.28. The molecule has 6 heteroatoms. The van der Waals surface area contributed by atoms with Gasteiger partial charge in [-0.3, -0.25) is 0 Å². The zero-order valence-electron chi connectivity index (χ0n) is 10.7. The lowest BCUT2D eigenvalue weighted by molar-refractivity contribution is 0.947.